The summed E-state index contributed by atoms with van der Waals surface area (Å²) in [5.74, 6) is 0.912. The fourth-order valence-corrected chi connectivity index (χ4v) is 1.76. The Labute approximate surface area is 110 Å². The number of aromatic nitrogens is 2. The van der Waals surface area contributed by atoms with Gasteiger partial charge in [-0.2, -0.15) is 4.98 Å². The summed E-state index contributed by atoms with van der Waals surface area (Å²) in [6.45, 7) is 3.90. The molecular formula is C12H12Cl2N2O. The molecule has 1 aromatic heterocycles. The van der Waals surface area contributed by atoms with E-state index in [1.165, 1.54) is 0 Å². The van der Waals surface area contributed by atoms with Crippen LogP contribution >= 0.6 is 23.2 Å². The van der Waals surface area contributed by atoms with E-state index in [1.807, 2.05) is 32.0 Å². The van der Waals surface area contributed by atoms with Crippen molar-refractivity contribution in [2.75, 3.05) is 0 Å². The van der Waals surface area contributed by atoms with Gasteiger partial charge in [-0.15, -0.1) is 11.6 Å². The number of nitrogens with zero attached hydrogens (tertiary/aromatic N) is 2. The van der Waals surface area contributed by atoms with Gasteiger partial charge >= 0.3 is 0 Å². The number of alkyl halides is 1. The summed E-state index contributed by atoms with van der Waals surface area (Å²) in [4.78, 5) is 4.26. The summed E-state index contributed by atoms with van der Waals surface area (Å²) >= 11 is 12.2. The summed E-state index contributed by atoms with van der Waals surface area (Å²) in [6, 6.07) is 5.68. The number of benzene rings is 1. The topological polar surface area (TPSA) is 38.9 Å². The number of rotatable bonds is 3. The van der Waals surface area contributed by atoms with Crippen LogP contribution in [0.3, 0.4) is 0 Å². The summed E-state index contributed by atoms with van der Waals surface area (Å²) in [6.07, 6.45) is 0.752. The maximum Gasteiger partial charge on any atom is 0.259 e. The van der Waals surface area contributed by atoms with Crippen molar-refractivity contribution in [3.63, 3.8) is 0 Å². The highest BCUT2D eigenvalue weighted by molar-refractivity contribution is 6.33. The second-order valence-electron chi connectivity index (χ2n) is 3.77. The van der Waals surface area contributed by atoms with E-state index in [0.717, 1.165) is 17.5 Å². The largest absolute Gasteiger partial charge is 0.334 e. The minimum atomic E-state index is -0.226. The molecule has 0 aliphatic heterocycles. The van der Waals surface area contributed by atoms with Gasteiger partial charge in [-0.3, -0.25) is 0 Å². The number of hydrogen-bond donors (Lipinski definition) is 0. The fraction of sp³-hybridized carbons (Fsp3) is 0.333. The molecule has 0 aliphatic rings. The van der Waals surface area contributed by atoms with Crippen LogP contribution in [0.4, 0.5) is 0 Å². The number of halogens is 2. The van der Waals surface area contributed by atoms with Gasteiger partial charge in [0.1, 0.15) is 0 Å². The first kappa shape index (κ1) is 12.4. The molecule has 1 atom stereocenters. The first-order valence-electron chi connectivity index (χ1n) is 5.36. The van der Waals surface area contributed by atoms with Crippen LogP contribution in [0, 0.1) is 6.92 Å². The van der Waals surface area contributed by atoms with E-state index in [9.17, 15) is 0 Å². The lowest BCUT2D eigenvalue weighted by molar-refractivity contribution is 0.421. The second-order valence-corrected chi connectivity index (χ2v) is 4.67. The van der Waals surface area contributed by atoms with E-state index in [-0.39, 0.29) is 5.38 Å². The summed E-state index contributed by atoms with van der Waals surface area (Å²) < 4.78 is 5.18. The van der Waals surface area contributed by atoms with E-state index in [1.54, 1.807) is 0 Å². The van der Waals surface area contributed by atoms with Gasteiger partial charge in [-0.25, -0.2) is 0 Å². The molecule has 0 N–H and O–H groups in total. The summed E-state index contributed by atoms with van der Waals surface area (Å²) in [5, 5.41) is 4.26. The second kappa shape index (κ2) is 5.07. The molecule has 1 unspecified atom stereocenters. The molecule has 2 aromatic rings. The fourth-order valence-electron chi connectivity index (χ4n) is 1.47. The van der Waals surface area contributed by atoms with Crippen molar-refractivity contribution in [1.82, 2.24) is 10.1 Å². The van der Waals surface area contributed by atoms with Crippen molar-refractivity contribution in [2.45, 2.75) is 25.6 Å². The number of aryl methyl sites for hydroxylation is 1. The monoisotopic (exact) mass is 270 g/mol. The zero-order chi connectivity index (χ0) is 12.4. The molecule has 0 radical (unpaired) electrons. The van der Waals surface area contributed by atoms with Crippen molar-refractivity contribution < 1.29 is 4.52 Å². The lowest BCUT2D eigenvalue weighted by atomic mass is 10.1. The molecule has 0 saturated heterocycles. The lowest BCUT2D eigenvalue weighted by Gasteiger charge is -2.01. The van der Waals surface area contributed by atoms with E-state index in [4.69, 9.17) is 27.7 Å². The Morgan fingerprint density at radius 1 is 1.41 bits per heavy atom. The molecule has 3 nitrogen and oxygen atoms in total. The molecule has 90 valence electrons. The van der Waals surface area contributed by atoms with Gasteiger partial charge in [0, 0.05) is 0 Å². The Kier molecular flexibility index (Phi) is 3.69. The maximum absolute atomic E-state index is 6.19. The van der Waals surface area contributed by atoms with Crippen LogP contribution < -0.4 is 0 Å². The third-order valence-electron chi connectivity index (χ3n) is 2.50. The maximum atomic E-state index is 6.19. The average molecular weight is 271 g/mol. The van der Waals surface area contributed by atoms with Crippen LogP contribution in [0.1, 0.15) is 30.1 Å². The predicted octanol–water partition coefficient (Wildman–Crippen LogP) is 4.39. The smallest absolute Gasteiger partial charge is 0.259 e. The minimum absolute atomic E-state index is 0.226. The Hall–Kier alpha value is -1.06. The minimum Gasteiger partial charge on any atom is -0.334 e. The van der Waals surface area contributed by atoms with E-state index < -0.39 is 0 Å². The molecule has 0 spiro atoms. The van der Waals surface area contributed by atoms with Crippen molar-refractivity contribution in [3.05, 3.63) is 34.6 Å². The molecule has 0 bridgehead atoms. The normalized spacial score (nSPS) is 12.7. The molecule has 1 aromatic carbocycles. The van der Waals surface area contributed by atoms with Gasteiger partial charge in [0.25, 0.3) is 5.89 Å². The highest BCUT2D eigenvalue weighted by atomic mass is 35.5. The Balaban J connectivity index is 2.40. The highest BCUT2D eigenvalue weighted by Gasteiger charge is 2.17. The van der Waals surface area contributed by atoms with Crippen molar-refractivity contribution >= 4 is 23.2 Å². The van der Waals surface area contributed by atoms with Gasteiger partial charge in [0.15, 0.2) is 5.82 Å². The molecule has 2 rings (SSSR count). The Morgan fingerprint density at radius 2 is 2.18 bits per heavy atom. The van der Waals surface area contributed by atoms with Crippen molar-refractivity contribution in [2.24, 2.45) is 0 Å². The Bertz CT molecular complexity index is 525. The van der Waals surface area contributed by atoms with Crippen molar-refractivity contribution in [1.29, 1.82) is 0 Å². The van der Waals surface area contributed by atoms with Gasteiger partial charge in [-0.1, -0.05) is 35.8 Å². The predicted molar refractivity (Wildman–Crippen MR) is 68.4 cm³/mol. The number of hydrogen-bond acceptors (Lipinski definition) is 3. The standard InChI is InChI=1S/C12H12Cl2N2O/c1-3-9(13)11-15-12(17-16-11)8-6-4-5-7(2)10(8)14/h4-6,9H,3H2,1-2H3. The highest BCUT2D eigenvalue weighted by Crippen LogP contribution is 2.30. The first-order valence-corrected chi connectivity index (χ1v) is 6.18. The molecule has 1 heterocycles. The third kappa shape index (κ3) is 2.45. The van der Waals surface area contributed by atoms with Gasteiger partial charge in [0.2, 0.25) is 0 Å². The summed E-state index contributed by atoms with van der Waals surface area (Å²) in [7, 11) is 0. The molecule has 0 amide bonds. The molecule has 5 heteroatoms. The average Bonchev–Trinajstić information content (AvgIpc) is 2.81. The van der Waals surface area contributed by atoms with Crippen LogP contribution in [0.2, 0.25) is 5.02 Å². The van der Waals surface area contributed by atoms with Crippen LogP contribution in [-0.2, 0) is 0 Å². The van der Waals surface area contributed by atoms with E-state index in [0.29, 0.717) is 16.7 Å². The quantitative estimate of drug-likeness (QED) is 0.777. The first-order chi connectivity index (χ1) is 8.13. The lowest BCUT2D eigenvalue weighted by Crippen LogP contribution is -1.91. The molecule has 17 heavy (non-hydrogen) atoms. The van der Waals surface area contributed by atoms with E-state index in [2.05, 4.69) is 10.1 Å². The third-order valence-corrected chi connectivity index (χ3v) is 3.51. The summed E-state index contributed by atoms with van der Waals surface area (Å²) in [5.41, 5.74) is 1.72. The molecule has 0 aliphatic carbocycles. The molecular weight excluding hydrogens is 259 g/mol. The van der Waals surface area contributed by atoms with Crippen LogP contribution in [0.15, 0.2) is 22.7 Å². The van der Waals surface area contributed by atoms with E-state index >= 15 is 0 Å². The zero-order valence-corrected chi connectivity index (χ0v) is 11.1. The van der Waals surface area contributed by atoms with Crippen LogP contribution in [0.5, 0.6) is 0 Å². The van der Waals surface area contributed by atoms with Gasteiger partial charge < -0.3 is 4.52 Å². The Morgan fingerprint density at radius 3 is 2.88 bits per heavy atom. The molecule has 0 saturated carbocycles. The SMILES string of the molecule is CCC(Cl)c1noc(-c2cccc(C)c2Cl)n1. The van der Waals surface area contributed by atoms with Gasteiger partial charge in [0.05, 0.1) is 16.0 Å². The van der Waals surface area contributed by atoms with Gasteiger partial charge in [-0.05, 0) is 25.0 Å². The van der Waals surface area contributed by atoms with Crippen molar-refractivity contribution in [3.8, 4) is 11.5 Å². The zero-order valence-electron chi connectivity index (χ0n) is 9.58. The van der Waals surface area contributed by atoms with Crippen LogP contribution in [-0.4, -0.2) is 10.1 Å². The van der Waals surface area contributed by atoms with Crippen LogP contribution in [0.25, 0.3) is 11.5 Å². The molecule has 0 fully saturated rings.